The molecular weight excluding hydrogens is 404 g/mol. The van der Waals surface area contributed by atoms with Crippen LogP contribution in [0.3, 0.4) is 0 Å². The summed E-state index contributed by atoms with van der Waals surface area (Å²) in [6.07, 6.45) is 3.75. The maximum atomic E-state index is 13.4. The predicted octanol–water partition coefficient (Wildman–Crippen LogP) is 4.79. The molecule has 0 saturated heterocycles. The van der Waals surface area contributed by atoms with Crippen molar-refractivity contribution in [2.45, 2.75) is 39.0 Å². The van der Waals surface area contributed by atoms with Crippen LogP contribution in [0.25, 0.3) is 5.69 Å². The molecule has 164 valence electrons. The van der Waals surface area contributed by atoms with Crippen molar-refractivity contribution >= 4 is 17.4 Å². The number of hydrogen-bond acceptors (Lipinski definition) is 4. The van der Waals surface area contributed by atoms with Crippen LogP contribution in [0, 0.1) is 0 Å². The van der Waals surface area contributed by atoms with Crippen molar-refractivity contribution in [2.75, 3.05) is 11.9 Å². The summed E-state index contributed by atoms with van der Waals surface area (Å²) in [6.45, 7) is 2.74. The summed E-state index contributed by atoms with van der Waals surface area (Å²) >= 11 is 0. The third-order valence-electron chi connectivity index (χ3n) is 5.56. The minimum absolute atomic E-state index is 0.0430. The van der Waals surface area contributed by atoms with E-state index in [2.05, 4.69) is 12.2 Å². The van der Waals surface area contributed by atoms with Crippen molar-refractivity contribution in [1.29, 1.82) is 0 Å². The number of ketones is 1. The molecule has 0 unspecified atom stereocenters. The van der Waals surface area contributed by atoms with Crippen molar-refractivity contribution in [2.24, 2.45) is 0 Å². The quantitative estimate of drug-likeness (QED) is 0.547. The number of nitrogens with zero attached hydrogens (tertiary/aromatic N) is 1. The largest absolute Gasteiger partial charge is 0.494 e. The third kappa shape index (κ3) is 4.49. The Labute approximate surface area is 186 Å². The number of carbonyl (C=O) groups is 2. The van der Waals surface area contributed by atoms with E-state index in [1.165, 1.54) is 10.6 Å². The topological polar surface area (TPSA) is 77.4 Å². The maximum Gasteiger partial charge on any atom is 0.268 e. The molecule has 32 heavy (non-hydrogen) atoms. The Kier molecular flexibility index (Phi) is 6.50. The van der Waals surface area contributed by atoms with Gasteiger partial charge in [-0.15, -0.1) is 0 Å². The summed E-state index contributed by atoms with van der Waals surface area (Å²) in [7, 11) is 0. The summed E-state index contributed by atoms with van der Waals surface area (Å²) in [6, 6.07) is 17.6. The zero-order valence-corrected chi connectivity index (χ0v) is 18.1. The number of carbonyl (C=O) groups excluding carboxylic acids is 2. The Balaban J connectivity index is 1.66. The van der Waals surface area contributed by atoms with Crippen LogP contribution < -0.4 is 15.6 Å². The standard InChI is InChI=1S/C26H26N2O4/c1-2-3-16-32-20-14-12-18(13-15-20)27-25(30)22-17-21-23(10-7-11-24(21)29)28(26(22)31)19-8-5-4-6-9-19/h4-6,8-9,12-15,17H,2-3,7,10-11,16H2,1H3,(H,27,30). The Morgan fingerprint density at radius 3 is 2.50 bits per heavy atom. The van der Waals surface area contributed by atoms with E-state index in [0.717, 1.165) is 18.6 Å². The van der Waals surface area contributed by atoms with Crippen LogP contribution in [0.5, 0.6) is 5.75 Å². The van der Waals surface area contributed by atoms with Crippen molar-refractivity contribution in [3.05, 3.63) is 87.8 Å². The number of Topliss-reactive ketones (excluding diaryl/α,β-unsaturated/α-hetero) is 1. The van der Waals surface area contributed by atoms with Crippen LogP contribution in [0.2, 0.25) is 0 Å². The molecule has 0 spiro atoms. The van der Waals surface area contributed by atoms with Gasteiger partial charge >= 0.3 is 0 Å². The minimum Gasteiger partial charge on any atom is -0.494 e. The number of ether oxygens (including phenoxy) is 1. The Bertz CT molecular complexity index is 1180. The number of nitrogens with one attached hydrogen (secondary N) is 1. The molecule has 0 bridgehead atoms. The number of anilines is 1. The molecule has 2 aromatic carbocycles. The fourth-order valence-electron chi connectivity index (χ4n) is 3.87. The molecule has 0 aliphatic heterocycles. The van der Waals surface area contributed by atoms with Gasteiger partial charge in [0.05, 0.1) is 6.61 Å². The maximum absolute atomic E-state index is 13.4. The van der Waals surface area contributed by atoms with Gasteiger partial charge in [-0.1, -0.05) is 31.5 Å². The first-order valence-corrected chi connectivity index (χ1v) is 11.0. The second-order valence-corrected chi connectivity index (χ2v) is 7.85. The van der Waals surface area contributed by atoms with Crippen LogP contribution in [-0.2, 0) is 6.42 Å². The summed E-state index contributed by atoms with van der Waals surface area (Å²) in [5.74, 6) is 0.140. The predicted molar refractivity (Wildman–Crippen MR) is 124 cm³/mol. The number of aromatic nitrogens is 1. The van der Waals surface area contributed by atoms with E-state index >= 15 is 0 Å². The van der Waals surface area contributed by atoms with E-state index in [1.54, 1.807) is 36.4 Å². The second-order valence-electron chi connectivity index (χ2n) is 7.85. The number of unbranched alkanes of at least 4 members (excludes halogenated alkanes) is 1. The van der Waals surface area contributed by atoms with E-state index in [-0.39, 0.29) is 11.3 Å². The first-order valence-electron chi connectivity index (χ1n) is 11.0. The van der Waals surface area contributed by atoms with Gasteiger partial charge in [0.15, 0.2) is 5.78 Å². The number of amides is 1. The lowest BCUT2D eigenvalue weighted by Crippen LogP contribution is -2.33. The van der Waals surface area contributed by atoms with Gasteiger partial charge in [-0.2, -0.15) is 0 Å². The van der Waals surface area contributed by atoms with Gasteiger partial charge in [-0.25, -0.2) is 0 Å². The van der Waals surface area contributed by atoms with E-state index in [9.17, 15) is 14.4 Å². The average molecular weight is 431 g/mol. The molecular formula is C26H26N2O4. The van der Waals surface area contributed by atoms with E-state index < -0.39 is 11.5 Å². The van der Waals surface area contributed by atoms with Crippen LogP contribution in [0.1, 0.15) is 59.0 Å². The highest BCUT2D eigenvalue weighted by Gasteiger charge is 2.26. The van der Waals surface area contributed by atoms with E-state index in [1.807, 2.05) is 18.2 Å². The van der Waals surface area contributed by atoms with Gasteiger partial charge in [0.25, 0.3) is 11.5 Å². The molecule has 1 aromatic heterocycles. The molecule has 1 N–H and O–H groups in total. The first kappa shape index (κ1) is 21.6. The SMILES string of the molecule is CCCCOc1ccc(NC(=O)c2cc3c(n(-c4ccccc4)c2=O)CCCC3=O)cc1. The molecule has 6 nitrogen and oxygen atoms in total. The fourth-order valence-corrected chi connectivity index (χ4v) is 3.87. The number of para-hydroxylation sites is 1. The molecule has 1 aliphatic rings. The van der Waals surface area contributed by atoms with E-state index in [4.69, 9.17) is 4.74 Å². The van der Waals surface area contributed by atoms with Crippen LogP contribution in [-0.4, -0.2) is 22.9 Å². The third-order valence-corrected chi connectivity index (χ3v) is 5.56. The van der Waals surface area contributed by atoms with Crippen molar-refractivity contribution in [1.82, 2.24) is 4.57 Å². The summed E-state index contributed by atoms with van der Waals surface area (Å²) < 4.78 is 7.15. The highest BCUT2D eigenvalue weighted by molar-refractivity contribution is 6.06. The zero-order valence-electron chi connectivity index (χ0n) is 18.1. The Morgan fingerprint density at radius 1 is 1.03 bits per heavy atom. The van der Waals surface area contributed by atoms with Crippen molar-refractivity contribution in [3.63, 3.8) is 0 Å². The lowest BCUT2D eigenvalue weighted by Gasteiger charge is -2.21. The highest BCUT2D eigenvalue weighted by atomic mass is 16.5. The van der Waals surface area contributed by atoms with E-state index in [0.29, 0.717) is 48.5 Å². The summed E-state index contributed by atoms with van der Waals surface area (Å²) in [4.78, 5) is 39.0. The first-order chi connectivity index (χ1) is 15.6. The molecule has 0 saturated carbocycles. The lowest BCUT2D eigenvalue weighted by molar-refractivity contribution is 0.0971. The van der Waals surface area contributed by atoms with Gasteiger partial charge in [-0.05, 0) is 61.7 Å². The zero-order chi connectivity index (χ0) is 22.5. The van der Waals surface area contributed by atoms with Crippen molar-refractivity contribution in [3.8, 4) is 11.4 Å². The average Bonchev–Trinajstić information content (AvgIpc) is 2.81. The van der Waals surface area contributed by atoms with Gasteiger partial charge in [0.1, 0.15) is 11.3 Å². The van der Waals surface area contributed by atoms with Gasteiger partial charge < -0.3 is 10.1 Å². The number of fused-ring (bicyclic) bond motifs is 1. The Hall–Kier alpha value is -3.67. The fraction of sp³-hybridized carbons (Fsp3) is 0.269. The minimum atomic E-state index is -0.541. The van der Waals surface area contributed by atoms with Crippen molar-refractivity contribution < 1.29 is 14.3 Å². The molecule has 3 aromatic rings. The van der Waals surface area contributed by atoms with Crippen LogP contribution >= 0.6 is 0 Å². The second kappa shape index (κ2) is 9.64. The Morgan fingerprint density at radius 2 is 1.78 bits per heavy atom. The number of benzene rings is 2. The van der Waals surface area contributed by atoms with Crippen LogP contribution in [0.4, 0.5) is 5.69 Å². The number of hydrogen-bond donors (Lipinski definition) is 1. The summed E-state index contributed by atoms with van der Waals surface area (Å²) in [5, 5.41) is 2.77. The van der Waals surface area contributed by atoms with Crippen LogP contribution in [0.15, 0.2) is 65.5 Å². The molecule has 0 fully saturated rings. The molecule has 1 aliphatic carbocycles. The smallest absolute Gasteiger partial charge is 0.268 e. The van der Waals surface area contributed by atoms with Gasteiger partial charge in [-0.3, -0.25) is 19.0 Å². The molecule has 1 heterocycles. The number of rotatable bonds is 7. The van der Waals surface area contributed by atoms with Gasteiger partial charge in [0.2, 0.25) is 0 Å². The monoisotopic (exact) mass is 430 g/mol. The summed E-state index contributed by atoms with van der Waals surface area (Å²) in [5.41, 5.74) is 1.83. The molecule has 1 amide bonds. The molecule has 0 radical (unpaired) electrons. The normalized spacial score (nSPS) is 12.8. The molecule has 6 heteroatoms. The van der Waals surface area contributed by atoms with Gasteiger partial charge in [0, 0.05) is 29.1 Å². The lowest BCUT2D eigenvalue weighted by atomic mass is 9.92. The molecule has 4 rings (SSSR count). The number of pyridine rings is 1. The molecule has 0 atom stereocenters. The highest BCUT2D eigenvalue weighted by Crippen LogP contribution is 2.24.